The lowest BCUT2D eigenvalue weighted by atomic mass is 10.1. The molecule has 0 saturated heterocycles. The highest BCUT2D eigenvalue weighted by Crippen LogP contribution is 2.44. The molecule has 2 rings (SSSR count). The van der Waals surface area contributed by atoms with Crippen LogP contribution >= 0.6 is 15.9 Å². The van der Waals surface area contributed by atoms with Crippen LogP contribution in [0.5, 0.6) is 5.75 Å². The Hall–Kier alpha value is -1.05. The first-order valence-corrected chi connectivity index (χ1v) is 6.43. The van der Waals surface area contributed by atoms with Crippen molar-refractivity contribution < 1.29 is 4.74 Å². The molecule has 0 atom stereocenters. The molecule has 1 aromatic rings. The van der Waals surface area contributed by atoms with Gasteiger partial charge < -0.3 is 10.1 Å². The van der Waals surface area contributed by atoms with Gasteiger partial charge >= 0.3 is 0 Å². The molecule has 1 saturated carbocycles. The van der Waals surface area contributed by atoms with Gasteiger partial charge in [-0.1, -0.05) is 6.07 Å². The maximum Gasteiger partial charge on any atom is 0.133 e. The molecule has 0 bridgehead atoms. The van der Waals surface area contributed by atoms with Crippen molar-refractivity contribution in [1.29, 1.82) is 5.26 Å². The lowest BCUT2D eigenvalue weighted by Crippen LogP contribution is -2.22. The second-order valence-electron chi connectivity index (χ2n) is 4.46. The summed E-state index contributed by atoms with van der Waals surface area (Å²) in [7, 11) is 1.65. The molecule has 1 aromatic carbocycles. The Morgan fingerprint density at radius 3 is 2.82 bits per heavy atom. The summed E-state index contributed by atoms with van der Waals surface area (Å²) in [5.41, 5.74) is 1.11. The van der Waals surface area contributed by atoms with Gasteiger partial charge in [0, 0.05) is 13.1 Å². The summed E-state index contributed by atoms with van der Waals surface area (Å²) in [5.74, 6) is 0.837. The fourth-order valence-corrected chi connectivity index (χ4v) is 2.33. The fraction of sp³-hybridized carbons (Fsp3) is 0.462. The summed E-state index contributed by atoms with van der Waals surface area (Å²) in [4.78, 5) is 0. The van der Waals surface area contributed by atoms with Gasteiger partial charge in [-0.3, -0.25) is 0 Å². The van der Waals surface area contributed by atoms with Crippen LogP contribution in [0.4, 0.5) is 0 Å². The first-order valence-electron chi connectivity index (χ1n) is 5.63. The number of nitrogens with one attached hydrogen (secondary N) is 1. The minimum Gasteiger partial charge on any atom is -0.496 e. The highest BCUT2D eigenvalue weighted by atomic mass is 79.9. The number of rotatable bonds is 5. The Kier molecular flexibility index (Phi) is 3.70. The van der Waals surface area contributed by atoms with Gasteiger partial charge in [-0.15, -0.1) is 0 Å². The average molecular weight is 295 g/mol. The van der Waals surface area contributed by atoms with Gasteiger partial charge in [0.25, 0.3) is 0 Å². The Morgan fingerprint density at radius 2 is 2.29 bits per heavy atom. The van der Waals surface area contributed by atoms with E-state index in [4.69, 9.17) is 10.00 Å². The molecule has 1 aliphatic carbocycles. The molecule has 17 heavy (non-hydrogen) atoms. The maximum absolute atomic E-state index is 8.95. The molecule has 0 aromatic heterocycles. The van der Waals surface area contributed by atoms with E-state index in [-0.39, 0.29) is 5.41 Å². The van der Waals surface area contributed by atoms with Crippen LogP contribution in [-0.4, -0.2) is 13.7 Å². The molecule has 0 radical (unpaired) electrons. The van der Waals surface area contributed by atoms with Crippen molar-refractivity contribution >= 4 is 15.9 Å². The summed E-state index contributed by atoms with van der Waals surface area (Å²) in [6.07, 6.45) is 2.06. The van der Waals surface area contributed by atoms with Gasteiger partial charge in [0.15, 0.2) is 0 Å². The molecule has 0 spiro atoms. The Balaban J connectivity index is 1.87. The van der Waals surface area contributed by atoms with Gasteiger partial charge in [0.2, 0.25) is 0 Å². The zero-order valence-corrected chi connectivity index (χ0v) is 11.4. The Labute approximate surface area is 110 Å². The minimum absolute atomic E-state index is 0.0797. The zero-order chi connectivity index (χ0) is 12.3. The van der Waals surface area contributed by atoms with E-state index in [0.29, 0.717) is 0 Å². The molecular formula is C13H15BrN2O. The Bertz CT molecular complexity index is 449. The first kappa shape index (κ1) is 12.4. The highest BCUT2D eigenvalue weighted by molar-refractivity contribution is 9.10. The largest absolute Gasteiger partial charge is 0.496 e. The van der Waals surface area contributed by atoms with E-state index in [9.17, 15) is 0 Å². The van der Waals surface area contributed by atoms with E-state index < -0.39 is 0 Å². The third-order valence-electron chi connectivity index (χ3n) is 3.10. The second-order valence-corrected chi connectivity index (χ2v) is 5.32. The normalized spacial score (nSPS) is 16.3. The maximum atomic E-state index is 8.95. The molecule has 0 aliphatic heterocycles. The SMILES string of the molecule is COc1ccc(CNCC2(C#N)CC2)cc1Br. The van der Waals surface area contributed by atoms with Crippen LogP contribution in [0.1, 0.15) is 18.4 Å². The van der Waals surface area contributed by atoms with E-state index >= 15 is 0 Å². The minimum atomic E-state index is -0.0797. The molecule has 90 valence electrons. The summed E-state index contributed by atoms with van der Waals surface area (Å²) >= 11 is 3.46. The average Bonchev–Trinajstić information content (AvgIpc) is 3.10. The standard InChI is InChI=1S/C13H15BrN2O/c1-17-12-3-2-10(6-11(12)14)7-16-9-13(8-15)4-5-13/h2-3,6,16H,4-5,7,9H2,1H3. The third-order valence-corrected chi connectivity index (χ3v) is 3.72. The van der Waals surface area contributed by atoms with Crippen LogP contribution in [0, 0.1) is 16.7 Å². The number of nitrogens with zero attached hydrogens (tertiary/aromatic N) is 1. The van der Waals surface area contributed by atoms with E-state index in [1.54, 1.807) is 7.11 Å². The molecule has 0 heterocycles. The monoisotopic (exact) mass is 294 g/mol. The molecule has 1 aliphatic rings. The van der Waals surface area contributed by atoms with Crippen molar-refractivity contribution in [2.24, 2.45) is 5.41 Å². The van der Waals surface area contributed by atoms with E-state index in [2.05, 4.69) is 27.3 Å². The molecule has 4 heteroatoms. The van der Waals surface area contributed by atoms with Crippen molar-refractivity contribution in [3.63, 3.8) is 0 Å². The Morgan fingerprint density at radius 1 is 1.53 bits per heavy atom. The number of nitriles is 1. The molecule has 1 N–H and O–H groups in total. The van der Waals surface area contributed by atoms with Crippen molar-refractivity contribution in [3.05, 3.63) is 28.2 Å². The second kappa shape index (κ2) is 5.07. The van der Waals surface area contributed by atoms with Crippen LogP contribution in [0.25, 0.3) is 0 Å². The predicted molar refractivity (Wildman–Crippen MR) is 69.7 cm³/mol. The predicted octanol–water partition coefficient (Wildman–Crippen LogP) is 2.85. The van der Waals surface area contributed by atoms with Crippen LogP contribution in [0.3, 0.4) is 0 Å². The van der Waals surface area contributed by atoms with Gasteiger partial charge in [-0.05, 0) is 46.5 Å². The highest BCUT2D eigenvalue weighted by Gasteiger charge is 2.42. The number of benzene rings is 1. The summed E-state index contributed by atoms with van der Waals surface area (Å²) in [6, 6.07) is 8.39. The van der Waals surface area contributed by atoms with Crippen LogP contribution in [0.2, 0.25) is 0 Å². The van der Waals surface area contributed by atoms with Gasteiger partial charge in [0.05, 0.1) is 23.1 Å². The quantitative estimate of drug-likeness (QED) is 0.908. The third kappa shape index (κ3) is 2.99. The van der Waals surface area contributed by atoms with Crippen molar-refractivity contribution in [2.45, 2.75) is 19.4 Å². The molecule has 0 amide bonds. The molecule has 0 unspecified atom stereocenters. The lowest BCUT2D eigenvalue weighted by molar-refractivity contribution is 0.412. The number of halogens is 1. The molecular weight excluding hydrogens is 280 g/mol. The van der Waals surface area contributed by atoms with E-state index in [1.807, 2.05) is 18.2 Å². The number of hydrogen-bond donors (Lipinski definition) is 1. The number of methoxy groups -OCH3 is 1. The topological polar surface area (TPSA) is 45.0 Å². The van der Waals surface area contributed by atoms with E-state index in [0.717, 1.165) is 36.2 Å². The van der Waals surface area contributed by atoms with Gasteiger partial charge in [0.1, 0.15) is 5.75 Å². The van der Waals surface area contributed by atoms with Crippen LogP contribution in [-0.2, 0) is 6.54 Å². The smallest absolute Gasteiger partial charge is 0.133 e. The molecule has 1 fully saturated rings. The van der Waals surface area contributed by atoms with Gasteiger partial charge in [-0.2, -0.15) is 5.26 Å². The van der Waals surface area contributed by atoms with Crippen LogP contribution in [0.15, 0.2) is 22.7 Å². The van der Waals surface area contributed by atoms with Crippen LogP contribution < -0.4 is 10.1 Å². The summed E-state index contributed by atoms with van der Waals surface area (Å²) in [5, 5.41) is 12.3. The molecule has 3 nitrogen and oxygen atoms in total. The van der Waals surface area contributed by atoms with Crippen molar-refractivity contribution in [2.75, 3.05) is 13.7 Å². The van der Waals surface area contributed by atoms with Crippen molar-refractivity contribution in [3.8, 4) is 11.8 Å². The van der Waals surface area contributed by atoms with E-state index in [1.165, 1.54) is 5.56 Å². The zero-order valence-electron chi connectivity index (χ0n) is 9.79. The van der Waals surface area contributed by atoms with Crippen molar-refractivity contribution in [1.82, 2.24) is 5.32 Å². The summed E-state index contributed by atoms with van der Waals surface area (Å²) < 4.78 is 6.13. The lowest BCUT2D eigenvalue weighted by Gasteiger charge is -2.09. The number of ether oxygens (including phenoxy) is 1. The van der Waals surface area contributed by atoms with Gasteiger partial charge in [-0.25, -0.2) is 0 Å². The fourth-order valence-electron chi connectivity index (χ4n) is 1.74. The number of hydrogen-bond acceptors (Lipinski definition) is 3. The summed E-state index contributed by atoms with van der Waals surface area (Å²) in [6.45, 7) is 1.57. The first-order chi connectivity index (χ1) is 8.19.